The van der Waals surface area contributed by atoms with Crippen LogP contribution < -0.4 is 15.8 Å². The maximum Gasteiger partial charge on any atom is 0.293 e. The molecule has 1 aromatic heterocycles. The molecular formula is C19H26FIN6O2. The molecule has 158 valence electrons. The van der Waals surface area contributed by atoms with Crippen molar-refractivity contribution >= 4 is 35.8 Å². The first kappa shape index (κ1) is 23.1. The molecule has 29 heavy (non-hydrogen) atoms. The number of nitrogens with one attached hydrogen (secondary N) is 1. The largest absolute Gasteiger partial charge is 0.387 e. The Morgan fingerprint density at radius 1 is 1.28 bits per heavy atom. The average molecular weight is 516 g/mol. The number of piperazine rings is 1. The van der Waals surface area contributed by atoms with Gasteiger partial charge in [0.2, 0.25) is 0 Å². The standard InChI is InChI=1S/C19H25FN6O2.HI/c1-21-19(23-13-16(27)14-3-5-15(20)6-4-14)26-11-9-25(10-12-26)17-18(28)24(2)8-7-22-17;/h3-8,16,27H,9-13H2,1-2H3,(H,21,23);1H. The van der Waals surface area contributed by atoms with E-state index < -0.39 is 6.10 Å². The van der Waals surface area contributed by atoms with Gasteiger partial charge in [0.1, 0.15) is 5.82 Å². The molecule has 0 aliphatic carbocycles. The third kappa shape index (κ3) is 5.66. The predicted octanol–water partition coefficient (Wildman–Crippen LogP) is 0.968. The van der Waals surface area contributed by atoms with E-state index in [2.05, 4.69) is 20.2 Å². The Hall–Kier alpha value is -2.21. The van der Waals surface area contributed by atoms with E-state index in [1.165, 1.54) is 16.7 Å². The minimum atomic E-state index is -0.768. The van der Waals surface area contributed by atoms with Crippen molar-refractivity contribution in [1.82, 2.24) is 19.8 Å². The topological polar surface area (TPSA) is 86.0 Å². The van der Waals surface area contributed by atoms with Gasteiger partial charge in [-0.25, -0.2) is 9.37 Å². The van der Waals surface area contributed by atoms with Crippen molar-refractivity contribution in [1.29, 1.82) is 0 Å². The quantitative estimate of drug-likeness (QED) is 0.358. The molecule has 1 aromatic carbocycles. The van der Waals surface area contributed by atoms with Crippen molar-refractivity contribution in [3.8, 4) is 0 Å². The lowest BCUT2D eigenvalue weighted by Gasteiger charge is -2.36. The molecule has 1 aliphatic heterocycles. The third-order valence-electron chi connectivity index (χ3n) is 4.80. The number of benzene rings is 1. The third-order valence-corrected chi connectivity index (χ3v) is 4.80. The fraction of sp³-hybridized carbons (Fsp3) is 0.421. The lowest BCUT2D eigenvalue weighted by molar-refractivity contribution is 0.179. The first-order valence-corrected chi connectivity index (χ1v) is 9.15. The van der Waals surface area contributed by atoms with E-state index in [1.807, 2.05) is 4.90 Å². The Morgan fingerprint density at radius 2 is 1.93 bits per heavy atom. The number of nitrogens with zero attached hydrogens (tertiary/aromatic N) is 5. The molecule has 2 aromatic rings. The van der Waals surface area contributed by atoms with E-state index in [1.54, 1.807) is 38.6 Å². The first-order valence-electron chi connectivity index (χ1n) is 9.15. The number of aliphatic imine (C=N–C) groups is 1. The van der Waals surface area contributed by atoms with E-state index >= 15 is 0 Å². The zero-order valence-electron chi connectivity index (χ0n) is 16.5. The lowest BCUT2D eigenvalue weighted by Crippen LogP contribution is -2.54. The summed E-state index contributed by atoms with van der Waals surface area (Å²) in [7, 11) is 3.40. The summed E-state index contributed by atoms with van der Waals surface area (Å²) in [5.74, 6) is 0.800. The van der Waals surface area contributed by atoms with Crippen molar-refractivity contribution in [3.63, 3.8) is 0 Å². The molecule has 0 amide bonds. The number of hydrogen-bond donors (Lipinski definition) is 2. The smallest absolute Gasteiger partial charge is 0.293 e. The SMILES string of the molecule is CN=C(NCC(O)c1ccc(F)cc1)N1CCN(c2nccn(C)c2=O)CC1.I. The van der Waals surface area contributed by atoms with E-state index in [-0.39, 0.29) is 41.9 Å². The summed E-state index contributed by atoms with van der Waals surface area (Å²) < 4.78 is 14.5. The highest BCUT2D eigenvalue weighted by atomic mass is 127. The zero-order valence-corrected chi connectivity index (χ0v) is 18.8. The number of halogens is 2. The summed E-state index contributed by atoms with van der Waals surface area (Å²) in [4.78, 5) is 24.8. The molecule has 8 nitrogen and oxygen atoms in total. The lowest BCUT2D eigenvalue weighted by atomic mass is 10.1. The fourth-order valence-corrected chi connectivity index (χ4v) is 3.15. The molecule has 1 fully saturated rings. The van der Waals surface area contributed by atoms with Crippen LogP contribution in [0, 0.1) is 5.82 Å². The highest BCUT2D eigenvalue weighted by Crippen LogP contribution is 2.13. The van der Waals surface area contributed by atoms with E-state index in [4.69, 9.17) is 0 Å². The Kier molecular flexibility index (Phi) is 8.38. The van der Waals surface area contributed by atoms with Crippen LogP contribution in [-0.4, -0.2) is 65.3 Å². The van der Waals surface area contributed by atoms with Gasteiger partial charge in [0.15, 0.2) is 11.8 Å². The molecule has 10 heteroatoms. The van der Waals surface area contributed by atoms with Crippen LogP contribution in [0.15, 0.2) is 46.4 Å². The maximum absolute atomic E-state index is 13.0. The summed E-state index contributed by atoms with van der Waals surface area (Å²) in [5, 5.41) is 13.4. The van der Waals surface area contributed by atoms with Crippen LogP contribution >= 0.6 is 24.0 Å². The number of hydrogen-bond acceptors (Lipinski definition) is 5. The first-order chi connectivity index (χ1) is 13.5. The van der Waals surface area contributed by atoms with Gasteiger partial charge >= 0.3 is 0 Å². The molecule has 0 spiro atoms. The van der Waals surface area contributed by atoms with Gasteiger partial charge in [0.25, 0.3) is 5.56 Å². The highest BCUT2D eigenvalue weighted by molar-refractivity contribution is 14.0. The molecule has 3 rings (SSSR count). The van der Waals surface area contributed by atoms with Gasteiger partial charge in [-0.2, -0.15) is 0 Å². The van der Waals surface area contributed by atoms with E-state index in [0.717, 1.165) is 0 Å². The van der Waals surface area contributed by atoms with Gasteiger partial charge < -0.3 is 24.8 Å². The molecular weight excluding hydrogens is 490 g/mol. The van der Waals surface area contributed by atoms with Crippen LogP contribution in [0.25, 0.3) is 0 Å². The fourth-order valence-electron chi connectivity index (χ4n) is 3.15. The number of anilines is 1. The van der Waals surface area contributed by atoms with Gasteiger partial charge in [-0.05, 0) is 17.7 Å². The van der Waals surface area contributed by atoms with Crippen molar-refractivity contribution < 1.29 is 9.50 Å². The second kappa shape index (κ2) is 10.5. The Bertz CT molecular complexity index is 881. The monoisotopic (exact) mass is 516 g/mol. The molecule has 1 unspecified atom stereocenters. The van der Waals surface area contributed by atoms with Crippen molar-refractivity contribution in [2.45, 2.75) is 6.10 Å². The van der Waals surface area contributed by atoms with Crippen molar-refractivity contribution in [3.05, 3.63) is 58.4 Å². The predicted molar refractivity (Wildman–Crippen MR) is 121 cm³/mol. The van der Waals surface area contributed by atoms with Crippen LogP contribution in [-0.2, 0) is 7.05 Å². The van der Waals surface area contributed by atoms with Gasteiger partial charge in [-0.3, -0.25) is 9.79 Å². The van der Waals surface area contributed by atoms with Crippen LogP contribution in [0.3, 0.4) is 0 Å². The van der Waals surface area contributed by atoms with Gasteiger partial charge in [-0.1, -0.05) is 12.1 Å². The van der Waals surface area contributed by atoms with E-state index in [9.17, 15) is 14.3 Å². The molecule has 1 aliphatic rings. The molecule has 2 N–H and O–H groups in total. The number of guanidine groups is 1. The van der Waals surface area contributed by atoms with Crippen LogP contribution in [0.4, 0.5) is 10.2 Å². The molecule has 0 saturated carbocycles. The van der Waals surface area contributed by atoms with Crippen molar-refractivity contribution in [2.75, 3.05) is 44.7 Å². The summed E-state index contributed by atoms with van der Waals surface area (Å²) in [5.41, 5.74) is 0.529. The second-order valence-electron chi connectivity index (χ2n) is 6.64. The number of rotatable bonds is 4. The number of aliphatic hydroxyl groups excluding tert-OH is 1. The number of aromatic nitrogens is 2. The highest BCUT2D eigenvalue weighted by Gasteiger charge is 2.23. The van der Waals surface area contributed by atoms with Crippen molar-refractivity contribution in [2.24, 2.45) is 12.0 Å². The Labute approximate surface area is 186 Å². The number of aliphatic hydroxyl groups is 1. The molecule has 1 saturated heterocycles. The Balaban J connectivity index is 0.00000300. The summed E-state index contributed by atoms with van der Waals surface area (Å²) in [6.07, 6.45) is 2.50. The van der Waals surface area contributed by atoms with Gasteiger partial charge in [0.05, 0.1) is 6.10 Å². The van der Waals surface area contributed by atoms with Gasteiger partial charge in [-0.15, -0.1) is 24.0 Å². The van der Waals surface area contributed by atoms with E-state index in [0.29, 0.717) is 43.5 Å². The normalized spacial score (nSPS) is 15.7. The molecule has 1 atom stereocenters. The molecule has 2 heterocycles. The number of aryl methyl sites for hydroxylation is 1. The van der Waals surface area contributed by atoms with Crippen LogP contribution in [0.2, 0.25) is 0 Å². The molecule has 0 bridgehead atoms. The second-order valence-corrected chi connectivity index (χ2v) is 6.64. The molecule has 0 radical (unpaired) electrons. The minimum Gasteiger partial charge on any atom is -0.387 e. The average Bonchev–Trinajstić information content (AvgIpc) is 2.71. The summed E-state index contributed by atoms with van der Waals surface area (Å²) >= 11 is 0. The maximum atomic E-state index is 13.0. The van der Waals surface area contributed by atoms with Crippen LogP contribution in [0.5, 0.6) is 0 Å². The summed E-state index contributed by atoms with van der Waals surface area (Å²) in [6.45, 7) is 2.90. The zero-order chi connectivity index (χ0) is 20.1. The minimum absolute atomic E-state index is 0. The van der Waals surface area contributed by atoms with Gasteiger partial charge in [0, 0.05) is 59.2 Å². The van der Waals surface area contributed by atoms with Crippen LogP contribution in [0.1, 0.15) is 11.7 Å². The summed E-state index contributed by atoms with van der Waals surface area (Å²) in [6, 6.07) is 5.79. The Morgan fingerprint density at radius 3 is 2.55 bits per heavy atom.